The van der Waals surface area contributed by atoms with Crippen LogP contribution in [0.3, 0.4) is 0 Å². The molecule has 2 amide bonds. The van der Waals surface area contributed by atoms with Gasteiger partial charge >= 0.3 is 0 Å². The molecule has 182 valence electrons. The van der Waals surface area contributed by atoms with E-state index in [1.165, 1.54) is 10.4 Å². The average Bonchev–Trinajstić information content (AvgIpc) is 3.15. The van der Waals surface area contributed by atoms with Gasteiger partial charge in [0, 0.05) is 31.7 Å². The number of amides is 2. The van der Waals surface area contributed by atoms with Crippen LogP contribution in [-0.4, -0.2) is 55.6 Å². The van der Waals surface area contributed by atoms with E-state index in [2.05, 4.69) is 5.32 Å². The molecular weight excluding hydrogens is 450 g/mol. The minimum Gasteiger partial charge on any atom is -0.339 e. The topological polar surface area (TPSA) is 86.8 Å². The van der Waals surface area contributed by atoms with Gasteiger partial charge in [-0.25, -0.2) is 8.42 Å². The molecule has 2 aromatic rings. The van der Waals surface area contributed by atoms with Gasteiger partial charge in [0.15, 0.2) is 0 Å². The minimum atomic E-state index is -3.67. The molecule has 2 saturated heterocycles. The van der Waals surface area contributed by atoms with Crippen molar-refractivity contribution in [2.75, 3.05) is 31.5 Å². The summed E-state index contributed by atoms with van der Waals surface area (Å²) in [5.74, 6) is -0.519. The lowest BCUT2D eigenvalue weighted by molar-refractivity contribution is 0.0725. The van der Waals surface area contributed by atoms with E-state index >= 15 is 0 Å². The molecule has 0 aliphatic carbocycles. The maximum absolute atomic E-state index is 13.3. The van der Waals surface area contributed by atoms with Crippen LogP contribution >= 0.6 is 0 Å². The standard InChI is InChI=1S/C26H33N3O4S/c1-20-13-14-21(34(32,33)29-17-9-2-3-10-18-29)19-23(20)25(30)27-24-12-6-5-11-22(24)26(31)28-15-7-4-8-16-28/h5-6,11-14,19H,2-4,7-10,15-18H2,1H3,(H,27,30). The lowest BCUT2D eigenvalue weighted by Gasteiger charge is -2.27. The van der Waals surface area contributed by atoms with Crippen molar-refractivity contribution in [1.29, 1.82) is 0 Å². The van der Waals surface area contributed by atoms with Gasteiger partial charge in [-0.3, -0.25) is 9.59 Å². The van der Waals surface area contributed by atoms with Crippen LogP contribution < -0.4 is 5.32 Å². The molecule has 0 unspecified atom stereocenters. The largest absolute Gasteiger partial charge is 0.339 e. The Morgan fingerprint density at radius 1 is 0.794 bits per heavy atom. The number of sulfonamides is 1. The first-order valence-corrected chi connectivity index (χ1v) is 13.6. The van der Waals surface area contributed by atoms with Crippen LogP contribution in [0.2, 0.25) is 0 Å². The van der Waals surface area contributed by atoms with Gasteiger partial charge in [-0.05, 0) is 68.9 Å². The van der Waals surface area contributed by atoms with E-state index < -0.39 is 15.9 Å². The zero-order valence-corrected chi connectivity index (χ0v) is 20.6. The maximum Gasteiger partial charge on any atom is 0.255 e. The van der Waals surface area contributed by atoms with Crippen molar-refractivity contribution in [3.63, 3.8) is 0 Å². The van der Waals surface area contributed by atoms with Crippen LogP contribution in [-0.2, 0) is 10.0 Å². The van der Waals surface area contributed by atoms with Crippen molar-refractivity contribution < 1.29 is 18.0 Å². The van der Waals surface area contributed by atoms with E-state index in [1.54, 1.807) is 43.3 Å². The van der Waals surface area contributed by atoms with Crippen LogP contribution in [0.1, 0.15) is 71.2 Å². The highest BCUT2D eigenvalue weighted by atomic mass is 32.2. The van der Waals surface area contributed by atoms with E-state index in [4.69, 9.17) is 0 Å². The number of rotatable bonds is 5. The van der Waals surface area contributed by atoms with E-state index in [1.807, 2.05) is 4.90 Å². The summed E-state index contributed by atoms with van der Waals surface area (Å²) in [6.45, 7) is 4.22. The second-order valence-corrected chi connectivity index (χ2v) is 11.1. The Hall–Kier alpha value is -2.71. The third kappa shape index (κ3) is 5.33. The van der Waals surface area contributed by atoms with Gasteiger partial charge in [0.1, 0.15) is 0 Å². The molecule has 0 radical (unpaired) electrons. The van der Waals surface area contributed by atoms with Gasteiger partial charge in [0.05, 0.1) is 16.1 Å². The fourth-order valence-corrected chi connectivity index (χ4v) is 6.22. The molecule has 2 aromatic carbocycles. The van der Waals surface area contributed by atoms with Crippen LogP contribution in [0.25, 0.3) is 0 Å². The smallest absolute Gasteiger partial charge is 0.255 e. The summed E-state index contributed by atoms with van der Waals surface area (Å²) in [6.07, 6.45) is 6.85. The average molecular weight is 484 g/mol. The van der Waals surface area contributed by atoms with E-state index in [0.717, 1.165) is 58.0 Å². The zero-order valence-electron chi connectivity index (χ0n) is 19.8. The molecule has 0 saturated carbocycles. The third-order valence-electron chi connectivity index (χ3n) is 6.71. The number of hydrogen-bond donors (Lipinski definition) is 1. The summed E-state index contributed by atoms with van der Waals surface area (Å²) in [7, 11) is -3.67. The molecule has 2 heterocycles. The Labute approximate surface area is 202 Å². The van der Waals surface area contributed by atoms with Crippen molar-refractivity contribution in [3.8, 4) is 0 Å². The Morgan fingerprint density at radius 2 is 1.41 bits per heavy atom. The fraction of sp³-hybridized carbons (Fsp3) is 0.462. The predicted molar refractivity (Wildman–Crippen MR) is 133 cm³/mol. The maximum atomic E-state index is 13.3. The number of hydrogen-bond acceptors (Lipinski definition) is 4. The molecular formula is C26H33N3O4S. The Bertz CT molecular complexity index is 1150. The highest BCUT2D eigenvalue weighted by Crippen LogP contribution is 2.25. The summed E-state index contributed by atoms with van der Waals surface area (Å²) < 4.78 is 28.0. The van der Waals surface area contributed by atoms with E-state index in [0.29, 0.717) is 29.9 Å². The molecule has 8 heteroatoms. The number of likely N-dealkylation sites (tertiary alicyclic amines) is 1. The number of aryl methyl sites for hydroxylation is 1. The molecule has 2 fully saturated rings. The molecule has 34 heavy (non-hydrogen) atoms. The molecule has 0 spiro atoms. The highest BCUT2D eigenvalue weighted by Gasteiger charge is 2.27. The Kier molecular flexibility index (Phi) is 7.68. The Morgan fingerprint density at radius 3 is 2.12 bits per heavy atom. The van der Waals surface area contributed by atoms with Crippen molar-refractivity contribution in [2.24, 2.45) is 0 Å². The molecule has 2 aliphatic rings. The molecule has 7 nitrogen and oxygen atoms in total. The molecule has 2 aliphatic heterocycles. The quantitative estimate of drug-likeness (QED) is 0.681. The predicted octanol–water partition coefficient (Wildman–Crippen LogP) is 4.44. The lowest BCUT2D eigenvalue weighted by atomic mass is 10.1. The van der Waals surface area contributed by atoms with Crippen LogP contribution in [0, 0.1) is 6.92 Å². The summed E-state index contributed by atoms with van der Waals surface area (Å²) in [5.41, 5.74) is 1.84. The third-order valence-corrected chi connectivity index (χ3v) is 8.60. The van der Waals surface area contributed by atoms with Crippen molar-refractivity contribution >= 4 is 27.5 Å². The van der Waals surface area contributed by atoms with Gasteiger partial charge in [0.25, 0.3) is 11.8 Å². The zero-order chi connectivity index (χ0) is 24.1. The van der Waals surface area contributed by atoms with Gasteiger partial charge < -0.3 is 10.2 Å². The number of benzene rings is 2. The van der Waals surface area contributed by atoms with Crippen molar-refractivity contribution in [2.45, 2.75) is 56.8 Å². The normalized spacial score (nSPS) is 17.7. The van der Waals surface area contributed by atoms with Gasteiger partial charge in [-0.2, -0.15) is 4.31 Å². The SMILES string of the molecule is Cc1ccc(S(=O)(=O)N2CCCCCC2)cc1C(=O)Nc1ccccc1C(=O)N1CCCCC1. The number of para-hydroxylation sites is 1. The second-order valence-electron chi connectivity index (χ2n) is 9.15. The van der Waals surface area contributed by atoms with Gasteiger partial charge in [-0.1, -0.05) is 31.0 Å². The van der Waals surface area contributed by atoms with Crippen molar-refractivity contribution in [1.82, 2.24) is 9.21 Å². The summed E-state index contributed by atoms with van der Waals surface area (Å²) in [5, 5.41) is 2.86. The number of nitrogens with zero attached hydrogens (tertiary/aromatic N) is 2. The molecule has 1 N–H and O–H groups in total. The van der Waals surface area contributed by atoms with E-state index in [9.17, 15) is 18.0 Å². The number of carbonyl (C=O) groups is 2. The summed E-state index contributed by atoms with van der Waals surface area (Å²) in [4.78, 5) is 28.3. The van der Waals surface area contributed by atoms with Crippen LogP contribution in [0.4, 0.5) is 5.69 Å². The first-order chi connectivity index (χ1) is 16.4. The van der Waals surface area contributed by atoms with Gasteiger partial charge in [0.2, 0.25) is 10.0 Å². The minimum absolute atomic E-state index is 0.0928. The second kappa shape index (κ2) is 10.7. The first kappa shape index (κ1) is 24.4. The van der Waals surface area contributed by atoms with E-state index in [-0.39, 0.29) is 16.4 Å². The van der Waals surface area contributed by atoms with Gasteiger partial charge in [-0.15, -0.1) is 0 Å². The number of carbonyl (C=O) groups excluding carboxylic acids is 2. The molecule has 0 aromatic heterocycles. The lowest BCUT2D eigenvalue weighted by Crippen LogP contribution is -2.36. The Balaban J connectivity index is 1.58. The van der Waals surface area contributed by atoms with Crippen LogP contribution in [0.5, 0.6) is 0 Å². The first-order valence-electron chi connectivity index (χ1n) is 12.2. The number of anilines is 1. The fourth-order valence-electron chi connectivity index (χ4n) is 4.67. The molecule has 4 rings (SSSR count). The number of piperidine rings is 1. The summed E-state index contributed by atoms with van der Waals surface area (Å²) >= 11 is 0. The monoisotopic (exact) mass is 483 g/mol. The molecule has 0 bridgehead atoms. The van der Waals surface area contributed by atoms with Crippen molar-refractivity contribution in [3.05, 3.63) is 59.2 Å². The van der Waals surface area contributed by atoms with Crippen LogP contribution in [0.15, 0.2) is 47.4 Å². The molecule has 0 atom stereocenters. The summed E-state index contributed by atoms with van der Waals surface area (Å²) in [6, 6.07) is 11.7. The number of nitrogens with one attached hydrogen (secondary N) is 1. The highest BCUT2D eigenvalue weighted by molar-refractivity contribution is 7.89.